The summed E-state index contributed by atoms with van der Waals surface area (Å²) in [5.74, 6) is 0.632. The van der Waals surface area contributed by atoms with E-state index in [1.54, 1.807) is 4.90 Å². The van der Waals surface area contributed by atoms with Crippen LogP contribution in [0.1, 0.15) is 55.3 Å². The zero-order chi connectivity index (χ0) is 28.5. The predicted molar refractivity (Wildman–Crippen MR) is 147 cm³/mol. The van der Waals surface area contributed by atoms with Crippen LogP contribution < -0.4 is 14.8 Å². The third-order valence-electron chi connectivity index (χ3n) is 7.15. The van der Waals surface area contributed by atoms with E-state index in [0.717, 1.165) is 16.7 Å². The summed E-state index contributed by atoms with van der Waals surface area (Å²) in [6.45, 7) is 3.48. The second kappa shape index (κ2) is 13.8. The molecule has 0 fully saturated rings. The number of nitrogens with one attached hydrogen (secondary N) is 1. The van der Waals surface area contributed by atoms with Crippen molar-refractivity contribution < 1.29 is 33.4 Å². The molecule has 214 valence electrons. The van der Waals surface area contributed by atoms with Gasteiger partial charge in [-0.15, -0.1) is 0 Å². The third kappa shape index (κ3) is 7.52. The lowest BCUT2D eigenvalue weighted by atomic mass is 9.87. The van der Waals surface area contributed by atoms with Gasteiger partial charge >= 0.3 is 5.97 Å². The van der Waals surface area contributed by atoms with Crippen LogP contribution >= 0.6 is 0 Å². The number of nitrogens with zero attached hydrogens (tertiary/aromatic N) is 2. The second-order valence-corrected chi connectivity index (χ2v) is 9.94. The fourth-order valence-electron chi connectivity index (χ4n) is 5.12. The normalized spacial score (nSPS) is 16.9. The van der Waals surface area contributed by atoms with Gasteiger partial charge in [0.25, 0.3) is 0 Å². The lowest BCUT2D eigenvalue weighted by Crippen LogP contribution is -2.45. The first-order chi connectivity index (χ1) is 19.4. The summed E-state index contributed by atoms with van der Waals surface area (Å²) < 4.78 is 16.8. The number of fused-ring (bicyclic) bond motifs is 8. The Kier molecular flexibility index (Phi) is 9.99. The van der Waals surface area contributed by atoms with Crippen molar-refractivity contribution in [3.05, 3.63) is 59.2 Å². The van der Waals surface area contributed by atoms with Gasteiger partial charge in [0.1, 0.15) is 18.1 Å². The number of esters is 1. The molecule has 1 N–H and O–H groups in total. The smallest absolute Gasteiger partial charge is 0.305 e. The van der Waals surface area contributed by atoms with E-state index in [4.69, 9.17) is 9.47 Å². The molecule has 0 aromatic heterocycles. The van der Waals surface area contributed by atoms with E-state index >= 15 is 0 Å². The number of rotatable bonds is 6. The van der Waals surface area contributed by atoms with Crippen LogP contribution in [0.25, 0.3) is 0 Å². The SMILES string of the molecule is COC(=O)CCCC(=O)N1CCCOc2cccc(c2)C2c3ccc(cc3CCN2C(=O)CNC(C)=O)OCC1. The lowest BCUT2D eigenvalue weighted by molar-refractivity contribution is -0.141. The Morgan fingerprint density at radius 2 is 1.75 bits per heavy atom. The minimum absolute atomic E-state index is 0.0343. The Morgan fingerprint density at radius 3 is 2.55 bits per heavy atom. The first-order valence-corrected chi connectivity index (χ1v) is 13.7. The maximum absolute atomic E-state index is 13.2. The molecule has 0 saturated heterocycles. The minimum Gasteiger partial charge on any atom is -0.494 e. The van der Waals surface area contributed by atoms with Gasteiger partial charge in [-0.2, -0.15) is 0 Å². The van der Waals surface area contributed by atoms with Crippen molar-refractivity contribution in [2.75, 3.05) is 46.5 Å². The molecule has 10 heteroatoms. The van der Waals surface area contributed by atoms with Crippen LogP contribution in [-0.4, -0.2) is 80.0 Å². The highest BCUT2D eigenvalue weighted by molar-refractivity contribution is 5.84. The van der Waals surface area contributed by atoms with Crippen molar-refractivity contribution >= 4 is 23.7 Å². The number of hydrogen-bond donors (Lipinski definition) is 1. The molecule has 3 aliphatic rings. The average molecular weight is 552 g/mol. The van der Waals surface area contributed by atoms with Crippen molar-refractivity contribution in [2.45, 2.75) is 45.1 Å². The van der Waals surface area contributed by atoms with Crippen molar-refractivity contribution in [1.29, 1.82) is 0 Å². The van der Waals surface area contributed by atoms with Crippen LogP contribution in [0.2, 0.25) is 0 Å². The van der Waals surface area contributed by atoms with Gasteiger partial charge in [-0.05, 0) is 60.2 Å². The molecule has 3 aliphatic heterocycles. The number of ether oxygens (including phenoxy) is 3. The maximum Gasteiger partial charge on any atom is 0.305 e. The van der Waals surface area contributed by atoms with Crippen LogP contribution in [0.3, 0.4) is 0 Å². The molecule has 10 nitrogen and oxygen atoms in total. The fourth-order valence-corrected chi connectivity index (χ4v) is 5.12. The van der Waals surface area contributed by atoms with E-state index < -0.39 is 0 Å². The summed E-state index contributed by atoms with van der Waals surface area (Å²) in [4.78, 5) is 52.5. The second-order valence-electron chi connectivity index (χ2n) is 9.94. The van der Waals surface area contributed by atoms with E-state index in [1.165, 1.54) is 14.0 Å². The Balaban J connectivity index is 1.56. The average Bonchev–Trinajstić information content (AvgIpc) is 2.95. The first kappa shape index (κ1) is 28.9. The van der Waals surface area contributed by atoms with Crippen LogP contribution in [-0.2, 0) is 30.3 Å². The van der Waals surface area contributed by atoms with Gasteiger partial charge in [0.2, 0.25) is 17.7 Å². The van der Waals surface area contributed by atoms with E-state index in [2.05, 4.69) is 10.1 Å². The van der Waals surface area contributed by atoms with Gasteiger partial charge in [-0.1, -0.05) is 18.2 Å². The third-order valence-corrected chi connectivity index (χ3v) is 7.15. The quantitative estimate of drug-likeness (QED) is 0.549. The monoisotopic (exact) mass is 551 g/mol. The van der Waals surface area contributed by atoms with Crippen LogP contribution in [0, 0.1) is 0 Å². The zero-order valence-electron chi connectivity index (χ0n) is 23.1. The Morgan fingerprint density at radius 1 is 0.950 bits per heavy atom. The van der Waals surface area contributed by atoms with E-state index in [0.29, 0.717) is 63.6 Å². The molecule has 1 atom stereocenters. The molecule has 0 spiro atoms. The Labute approximate surface area is 234 Å². The molecular weight excluding hydrogens is 514 g/mol. The van der Waals surface area contributed by atoms with Crippen LogP contribution in [0.5, 0.6) is 11.5 Å². The van der Waals surface area contributed by atoms with E-state index in [-0.39, 0.29) is 49.1 Å². The molecule has 2 aromatic carbocycles. The van der Waals surface area contributed by atoms with Gasteiger partial charge in [0.05, 0.1) is 32.8 Å². The number of methoxy groups -OCH3 is 1. The molecular formula is C30H37N3O7. The summed E-state index contributed by atoms with van der Waals surface area (Å²) in [5, 5.41) is 2.62. The van der Waals surface area contributed by atoms with Gasteiger partial charge in [0.15, 0.2) is 0 Å². The first-order valence-electron chi connectivity index (χ1n) is 13.7. The number of benzene rings is 2. The zero-order valence-corrected chi connectivity index (χ0v) is 23.1. The molecule has 5 rings (SSSR count). The predicted octanol–water partition coefficient (Wildman–Crippen LogP) is 2.63. The summed E-state index contributed by atoms with van der Waals surface area (Å²) in [7, 11) is 1.34. The fraction of sp³-hybridized carbons (Fsp3) is 0.467. The Bertz CT molecular complexity index is 1230. The highest BCUT2D eigenvalue weighted by Gasteiger charge is 2.32. The summed E-state index contributed by atoms with van der Waals surface area (Å²) in [6.07, 6.45) is 2.17. The number of carbonyl (C=O) groups is 4. The van der Waals surface area contributed by atoms with Crippen LogP contribution in [0.15, 0.2) is 42.5 Å². The molecule has 3 amide bonds. The van der Waals surface area contributed by atoms with Crippen molar-refractivity contribution in [2.24, 2.45) is 0 Å². The van der Waals surface area contributed by atoms with E-state index in [9.17, 15) is 19.2 Å². The highest BCUT2D eigenvalue weighted by Crippen LogP contribution is 2.38. The number of carbonyl (C=O) groups excluding carboxylic acids is 4. The number of hydrogen-bond acceptors (Lipinski definition) is 7. The minimum atomic E-state index is -0.325. The van der Waals surface area contributed by atoms with Crippen molar-refractivity contribution in [3.63, 3.8) is 0 Å². The summed E-state index contributed by atoms with van der Waals surface area (Å²) in [5.41, 5.74) is 3.00. The summed E-state index contributed by atoms with van der Waals surface area (Å²) >= 11 is 0. The van der Waals surface area contributed by atoms with Gasteiger partial charge < -0.3 is 29.3 Å². The topological polar surface area (TPSA) is 114 Å². The maximum atomic E-state index is 13.2. The number of amides is 3. The van der Waals surface area contributed by atoms with Crippen molar-refractivity contribution in [3.8, 4) is 11.5 Å². The van der Waals surface area contributed by atoms with Crippen molar-refractivity contribution in [1.82, 2.24) is 15.1 Å². The largest absolute Gasteiger partial charge is 0.494 e. The van der Waals surface area contributed by atoms with Gasteiger partial charge in [-0.3, -0.25) is 19.2 Å². The van der Waals surface area contributed by atoms with Gasteiger partial charge in [0, 0.05) is 32.9 Å². The molecule has 3 heterocycles. The molecule has 0 aliphatic carbocycles. The molecule has 6 bridgehead atoms. The summed E-state index contributed by atoms with van der Waals surface area (Å²) in [6, 6.07) is 13.3. The molecule has 1 unspecified atom stereocenters. The highest BCUT2D eigenvalue weighted by atomic mass is 16.5. The molecule has 40 heavy (non-hydrogen) atoms. The Hall–Kier alpha value is -4.08. The standard InChI is InChI=1S/C30H37N3O7/c1-21(34)31-20-28(36)33-14-12-22-18-25-10-11-26(22)30(33)23-6-3-7-24(19-23)39-16-5-13-32(15-17-40-25)27(35)8-4-9-29(37)38-2/h3,6-7,10-11,18-19,30H,4-5,8-9,12-17,20H2,1-2H3,(H,31,34). The molecule has 0 radical (unpaired) electrons. The molecule has 0 saturated carbocycles. The van der Waals surface area contributed by atoms with Gasteiger partial charge in [-0.25, -0.2) is 0 Å². The lowest BCUT2D eigenvalue weighted by Gasteiger charge is -2.38. The molecule has 2 aromatic rings. The van der Waals surface area contributed by atoms with E-state index in [1.807, 2.05) is 47.4 Å². The van der Waals surface area contributed by atoms with Crippen LogP contribution in [0.4, 0.5) is 0 Å².